The van der Waals surface area contributed by atoms with Crippen LogP contribution in [0.25, 0.3) is 11.1 Å². The minimum atomic E-state index is -0.319. The first-order valence-corrected chi connectivity index (χ1v) is 9.96. The minimum absolute atomic E-state index is 0.0571. The maximum Gasteiger partial charge on any atom is 0.257 e. The highest BCUT2D eigenvalue weighted by Gasteiger charge is 2.35. The molecule has 0 radical (unpaired) electrons. The number of rotatable bonds is 4. The van der Waals surface area contributed by atoms with Gasteiger partial charge >= 0.3 is 0 Å². The molecule has 0 bridgehead atoms. The maximum atomic E-state index is 13.9. The summed E-state index contributed by atoms with van der Waals surface area (Å²) in [6, 6.07) is 6.19. The smallest absolute Gasteiger partial charge is 0.257 e. The van der Waals surface area contributed by atoms with E-state index in [0.717, 1.165) is 24.1 Å². The highest BCUT2D eigenvalue weighted by Crippen LogP contribution is 2.38. The van der Waals surface area contributed by atoms with Gasteiger partial charge in [-0.3, -0.25) is 9.48 Å². The average Bonchev–Trinajstić information content (AvgIpc) is 3.33. The highest BCUT2D eigenvalue weighted by molar-refractivity contribution is 5.95. The van der Waals surface area contributed by atoms with E-state index in [4.69, 9.17) is 4.98 Å². The van der Waals surface area contributed by atoms with Gasteiger partial charge in [-0.15, -0.1) is 0 Å². The fourth-order valence-electron chi connectivity index (χ4n) is 3.99. The molecular weight excluding hydrogens is 383 g/mol. The molecule has 1 aliphatic heterocycles. The average molecular weight is 408 g/mol. The van der Waals surface area contributed by atoms with Gasteiger partial charge in [0.15, 0.2) is 0 Å². The standard InChI is InChI=1S/C22H25FN6O/c1-14-18(13-28(4)26-14)21(30)29-10-6-9-19(29)20-17(12-24-22(25-20)27(2)3)15-7-5-8-16(23)11-15/h5,7-8,11-13,19H,6,9-10H2,1-4H3. The van der Waals surface area contributed by atoms with Crippen molar-refractivity contribution in [3.8, 4) is 11.1 Å². The molecule has 30 heavy (non-hydrogen) atoms. The second-order valence-corrected chi connectivity index (χ2v) is 7.83. The van der Waals surface area contributed by atoms with E-state index in [1.54, 1.807) is 30.2 Å². The third-order valence-corrected chi connectivity index (χ3v) is 5.41. The molecule has 1 atom stereocenters. The second kappa shape index (κ2) is 7.85. The van der Waals surface area contributed by atoms with Crippen molar-refractivity contribution < 1.29 is 9.18 Å². The van der Waals surface area contributed by atoms with Crippen LogP contribution in [0, 0.1) is 12.7 Å². The van der Waals surface area contributed by atoms with Crippen molar-refractivity contribution in [3.05, 3.63) is 59.4 Å². The van der Waals surface area contributed by atoms with Crippen molar-refractivity contribution in [1.29, 1.82) is 0 Å². The number of hydrogen-bond donors (Lipinski definition) is 0. The molecule has 0 aliphatic carbocycles. The molecule has 0 spiro atoms. The van der Waals surface area contributed by atoms with Crippen molar-refractivity contribution in [2.24, 2.45) is 7.05 Å². The van der Waals surface area contributed by atoms with Crippen LogP contribution in [0.2, 0.25) is 0 Å². The van der Waals surface area contributed by atoms with Gasteiger partial charge in [0.1, 0.15) is 5.82 Å². The summed E-state index contributed by atoms with van der Waals surface area (Å²) in [5.41, 5.74) is 3.49. The zero-order valence-corrected chi connectivity index (χ0v) is 17.6. The molecule has 1 aliphatic rings. The van der Waals surface area contributed by atoms with Crippen LogP contribution in [0.1, 0.15) is 40.6 Å². The van der Waals surface area contributed by atoms with Gasteiger partial charge in [-0.1, -0.05) is 12.1 Å². The van der Waals surface area contributed by atoms with Gasteiger partial charge < -0.3 is 9.80 Å². The van der Waals surface area contributed by atoms with Crippen LogP contribution in [0.5, 0.6) is 0 Å². The molecule has 1 amide bonds. The SMILES string of the molecule is Cc1nn(C)cc1C(=O)N1CCCC1c1nc(N(C)C)ncc1-c1cccc(F)c1. The van der Waals surface area contributed by atoms with Crippen LogP contribution in [-0.4, -0.2) is 51.2 Å². The number of aryl methyl sites for hydroxylation is 2. The molecule has 2 aromatic heterocycles. The summed E-state index contributed by atoms with van der Waals surface area (Å²) in [5.74, 6) is 0.181. The summed E-state index contributed by atoms with van der Waals surface area (Å²) in [7, 11) is 5.55. The molecular formula is C22H25FN6O. The molecule has 0 saturated carbocycles. The van der Waals surface area contributed by atoms with Gasteiger partial charge in [0.2, 0.25) is 5.95 Å². The molecule has 156 valence electrons. The molecule has 1 saturated heterocycles. The summed E-state index contributed by atoms with van der Waals surface area (Å²) in [6.07, 6.45) is 5.14. The first-order valence-electron chi connectivity index (χ1n) is 9.96. The lowest BCUT2D eigenvalue weighted by molar-refractivity contribution is 0.0732. The van der Waals surface area contributed by atoms with Crippen molar-refractivity contribution in [2.75, 3.05) is 25.5 Å². The van der Waals surface area contributed by atoms with E-state index >= 15 is 0 Å². The normalized spacial score (nSPS) is 16.2. The number of amides is 1. The fraction of sp³-hybridized carbons (Fsp3) is 0.364. The topological polar surface area (TPSA) is 67.2 Å². The van der Waals surface area contributed by atoms with E-state index in [1.807, 2.05) is 36.9 Å². The molecule has 0 N–H and O–H groups in total. The summed E-state index contributed by atoms with van der Waals surface area (Å²) in [5, 5.41) is 4.31. The Morgan fingerprint density at radius 3 is 2.77 bits per heavy atom. The van der Waals surface area contributed by atoms with E-state index in [-0.39, 0.29) is 17.8 Å². The Bertz CT molecular complexity index is 1090. The Hall–Kier alpha value is -3.29. The van der Waals surface area contributed by atoms with Crippen LogP contribution >= 0.6 is 0 Å². The Kier molecular flexibility index (Phi) is 5.24. The zero-order valence-electron chi connectivity index (χ0n) is 17.6. The van der Waals surface area contributed by atoms with E-state index < -0.39 is 0 Å². The molecule has 8 heteroatoms. The molecule has 1 unspecified atom stereocenters. The maximum absolute atomic E-state index is 13.9. The number of hydrogen-bond acceptors (Lipinski definition) is 5. The fourth-order valence-corrected chi connectivity index (χ4v) is 3.99. The number of aromatic nitrogens is 4. The molecule has 3 aromatic rings. The predicted octanol–water partition coefficient (Wildman–Crippen LogP) is 3.37. The van der Waals surface area contributed by atoms with Crippen molar-refractivity contribution in [3.63, 3.8) is 0 Å². The predicted molar refractivity (Wildman–Crippen MR) is 113 cm³/mol. The number of benzene rings is 1. The quantitative estimate of drug-likeness (QED) is 0.662. The molecule has 1 aromatic carbocycles. The minimum Gasteiger partial charge on any atom is -0.347 e. The lowest BCUT2D eigenvalue weighted by Crippen LogP contribution is -2.32. The summed E-state index contributed by atoms with van der Waals surface area (Å²) in [6.45, 7) is 2.48. The Balaban J connectivity index is 1.80. The van der Waals surface area contributed by atoms with Gasteiger partial charge in [0.25, 0.3) is 5.91 Å². The van der Waals surface area contributed by atoms with Gasteiger partial charge in [-0.2, -0.15) is 5.10 Å². The van der Waals surface area contributed by atoms with E-state index in [2.05, 4.69) is 10.1 Å². The van der Waals surface area contributed by atoms with Crippen LogP contribution < -0.4 is 4.90 Å². The van der Waals surface area contributed by atoms with Gasteiger partial charge in [-0.05, 0) is 37.5 Å². The van der Waals surface area contributed by atoms with Crippen LogP contribution in [0.3, 0.4) is 0 Å². The van der Waals surface area contributed by atoms with E-state index in [1.165, 1.54) is 12.1 Å². The number of carbonyl (C=O) groups is 1. The summed E-state index contributed by atoms with van der Waals surface area (Å²) in [4.78, 5) is 26.3. The lowest BCUT2D eigenvalue weighted by Gasteiger charge is -2.26. The number of halogens is 1. The summed E-state index contributed by atoms with van der Waals surface area (Å²) < 4.78 is 15.6. The van der Waals surface area contributed by atoms with Gasteiger partial charge in [0.05, 0.1) is 23.0 Å². The number of nitrogens with zero attached hydrogens (tertiary/aromatic N) is 6. The first-order chi connectivity index (χ1) is 14.3. The van der Waals surface area contributed by atoms with E-state index in [9.17, 15) is 9.18 Å². The lowest BCUT2D eigenvalue weighted by atomic mass is 9.99. The van der Waals surface area contributed by atoms with Gasteiger partial charge in [-0.25, -0.2) is 14.4 Å². The Labute approximate surface area is 175 Å². The molecule has 1 fully saturated rings. The largest absolute Gasteiger partial charge is 0.347 e. The van der Waals surface area contributed by atoms with E-state index in [0.29, 0.717) is 29.3 Å². The van der Waals surface area contributed by atoms with Gasteiger partial charge in [0, 0.05) is 45.6 Å². The number of likely N-dealkylation sites (tertiary alicyclic amines) is 1. The molecule has 3 heterocycles. The monoisotopic (exact) mass is 408 g/mol. The molecule has 7 nitrogen and oxygen atoms in total. The number of anilines is 1. The second-order valence-electron chi connectivity index (χ2n) is 7.83. The highest BCUT2D eigenvalue weighted by atomic mass is 19.1. The first kappa shape index (κ1) is 20.0. The third-order valence-electron chi connectivity index (χ3n) is 5.41. The van der Waals surface area contributed by atoms with Crippen molar-refractivity contribution >= 4 is 11.9 Å². The third kappa shape index (κ3) is 3.65. The Morgan fingerprint density at radius 1 is 1.30 bits per heavy atom. The van der Waals surface area contributed by atoms with Crippen LogP contribution in [0.4, 0.5) is 10.3 Å². The number of carbonyl (C=O) groups excluding carboxylic acids is 1. The van der Waals surface area contributed by atoms with Crippen LogP contribution in [0.15, 0.2) is 36.7 Å². The zero-order chi connectivity index (χ0) is 21.4. The van der Waals surface area contributed by atoms with Crippen molar-refractivity contribution in [2.45, 2.75) is 25.8 Å². The summed E-state index contributed by atoms with van der Waals surface area (Å²) >= 11 is 0. The Morgan fingerprint density at radius 2 is 2.10 bits per heavy atom. The molecule has 4 rings (SSSR count). The van der Waals surface area contributed by atoms with Crippen LogP contribution in [-0.2, 0) is 7.05 Å². The van der Waals surface area contributed by atoms with Crippen molar-refractivity contribution in [1.82, 2.24) is 24.6 Å².